The van der Waals surface area contributed by atoms with Crippen molar-refractivity contribution in [1.82, 2.24) is 4.90 Å². The molecule has 2 rings (SSSR count). The summed E-state index contributed by atoms with van der Waals surface area (Å²) in [5, 5.41) is 9.23. The van der Waals surface area contributed by atoms with Crippen LogP contribution in [0.4, 0.5) is 0 Å². The number of hydrogen-bond donors (Lipinski definition) is 1. The third-order valence-corrected chi connectivity index (χ3v) is 4.88. The predicted molar refractivity (Wildman–Crippen MR) is 88.2 cm³/mol. The van der Waals surface area contributed by atoms with Crippen LogP contribution >= 0.6 is 15.9 Å². The molecule has 21 heavy (non-hydrogen) atoms. The van der Waals surface area contributed by atoms with Crippen LogP contribution in [0, 0.1) is 0 Å². The minimum atomic E-state index is 0.0505. The Morgan fingerprint density at radius 3 is 2.52 bits per heavy atom. The molecule has 4 heteroatoms. The molecular weight excluding hydrogens is 330 g/mol. The molecule has 1 aromatic rings. The highest BCUT2D eigenvalue weighted by Crippen LogP contribution is 2.27. The molecule has 0 spiro atoms. The SMILES string of the molecule is CC(CC(=O)N(CCO)C1CCCC1)c1ccc(Br)cc1. The molecule has 0 heterocycles. The smallest absolute Gasteiger partial charge is 0.223 e. The number of carbonyl (C=O) groups is 1. The van der Waals surface area contributed by atoms with Crippen molar-refractivity contribution in [1.29, 1.82) is 0 Å². The molecule has 1 aliphatic rings. The van der Waals surface area contributed by atoms with E-state index in [0.717, 1.165) is 17.3 Å². The van der Waals surface area contributed by atoms with Crippen molar-refractivity contribution in [3.05, 3.63) is 34.3 Å². The summed E-state index contributed by atoms with van der Waals surface area (Å²) in [5.41, 5.74) is 1.18. The second kappa shape index (κ2) is 7.95. The summed E-state index contributed by atoms with van der Waals surface area (Å²) in [6, 6.07) is 8.49. The molecule has 1 atom stereocenters. The lowest BCUT2D eigenvalue weighted by Gasteiger charge is -2.29. The number of halogens is 1. The Kier molecular flexibility index (Phi) is 6.24. The topological polar surface area (TPSA) is 40.5 Å². The van der Waals surface area contributed by atoms with Crippen LogP contribution < -0.4 is 0 Å². The van der Waals surface area contributed by atoms with Gasteiger partial charge >= 0.3 is 0 Å². The average Bonchev–Trinajstić information content (AvgIpc) is 2.99. The van der Waals surface area contributed by atoms with E-state index in [-0.39, 0.29) is 18.4 Å². The molecular formula is C17H24BrNO2. The number of aliphatic hydroxyl groups excluding tert-OH is 1. The highest BCUT2D eigenvalue weighted by Gasteiger charge is 2.27. The largest absolute Gasteiger partial charge is 0.395 e. The molecule has 1 fully saturated rings. The summed E-state index contributed by atoms with van der Waals surface area (Å²) in [4.78, 5) is 14.5. The van der Waals surface area contributed by atoms with Crippen LogP contribution in [0.25, 0.3) is 0 Å². The maximum atomic E-state index is 12.6. The van der Waals surface area contributed by atoms with Gasteiger partial charge in [0.25, 0.3) is 0 Å². The van der Waals surface area contributed by atoms with Crippen LogP contribution in [0.5, 0.6) is 0 Å². The van der Waals surface area contributed by atoms with E-state index < -0.39 is 0 Å². The van der Waals surface area contributed by atoms with Crippen LogP contribution in [-0.4, -0.2) is 35.1 Å². The van der Waals surface area contributed by atoms with Crippen LogP contribution in [0.3, 0.4) is 0 Å². The molecule has 1 aromatic carbocycles. The molecule has 0 aromatic heterocycles. The van der Waals surface area contributed by atoms with E-state index in [9.17, 15) is 9.90 Å². The van der Waals surface area contributed by atoms with Crippen LogP contribution in [0.1, 0.15) is 50.5 Å². The second-order valence-corrected chi connectivity index (χ2v) is 6.82. The minimum Gasteiger partial charge on any atom is -0.395 e. The van der Waals surface area contributed by atoms with Gasteiger partial charge in [0, 0.05) is 23.5 Å². The number of carbonyl (C=O) groups excluding carboxylic acids is 1. The fraction of sp³-hybridized carbons (Fsp3) is 0.588. The van der Waals surface area contributed by atoms with E-state index in [4.69, 9.17) is 0 Å². The second-order valence-electron chi connectivity index (χ2n) is 5.91. The third kappa shape index (κ3) is 4.55. The number of amides is 1. The molecule has 1 unspecified atom stereocenters. The van der Waals surface area contributed by atoms with Gasteiger partial charge < -0.3 is 10.0 Å². The summed E-state index contributed by atoms with van der Waals surface area (Å²) >= 11 is 3.43. The summed E-state index contributed by atoms with van der Waals surface area (Å²) < 4.78 is 1.05. The molecule has 1 amide bonds. The highest BCUT2D eigenvalue weighted by atomic mass is 79.9. The van der Waals surface area contributed by atoms with Crippen molar-refractivity contribution in [3.8, 4) is 0 Å². The Bertz CT molecular complexity index is 454. The Labute approximate surface area is 135 Å². The molecule has 0 aliphatic heterocycles. The molecule has 1 saturated carbocycles. The van der Waals surface area contributed by atoms with E-state index in [1.165, 1.54) is 18.4 Å². The summed E-state index contributed by atoms with van der Waals surface area (Å²) in [6.07, 6.45) is 5.07. The van der Waals surface area contributed by atoms with E-state index in [1.54, 1.807) is 0 Å². The van der Waals surface area contributed by atoms with Crippen molar-refractivity contribution in [2.24, 2.45) is 0 Å². The van der Waals surface area contributed by atoms with Crippen molar-refractivity contribution < 1.29 is 9.90 Å². The van der Waals surface area contributed by atoms with Gasteiger partial charge in [0.15, 0.2) is 0 Å². The van der Waals surface area contributed by atoms with E-state index in [0.29, 0.717) is 19.0 Å². The Balaban J connectivity index is 1.98. The zero-order valence-corrected chi connectivity index (χ0v) is 14.2. The molecule has 0 bridgehead atoms. The van der Waals surface area contributed by atoms with Gasteiger partial charge in [-0.05, 0) is 36.5 Å². The van der Waals surface area contributed by atoms with Crippen molar-refractivity contribution in [2.75, 3.05) is 13.2 Å². The van der Waals surface area contributed by atoms with Gasteiger partial charge in [-0.2, -0.15) is 0 Å². The Hall–Kier alpha value is -0.870. The lowest BCUT2D eigenvalue weighted by Crippen LogP contribution is -2.41. The average molecular weight is 354 g/mol. The van der Waals surface area contributed by atoms with Gasteiger partial charge in [-0.25, -0.2) is 0 Å². The predicted octanol–water partition coefficient (Wildman–Crippen LogP) is 3.71. The van der Waals surface area contributed by atoms with Gasteiger partial charge in [0.1, 0.15) is 0 Å². The summed E-state index contributed by atoms with van der Waals surface area (Å²) in [5.74, 6) is 0.375. The fourth-order valence-corrected chi connectivity index (χ4v) is 3.39. The number of aliphatic hydroxyl groups is 1. The first-order chi connectivity index (χ1) is 10.1. The first-order valence-corrected chi connectivity index (χ1v) is 8.57. The fourth-order valence-electron chi connectivity index (χ4n) is 3.12. The number of rotatable bonds is 6. The molecule has 0 radical (unpaired) electrons. The lowest BCUT2D eigenvalue weighted by atomic mass is 9.97. The van der Waals surface area contributed by atoms with E-state index in [1.807, 2.05) is 17.0 Å². The molecule has 116 valence electrons. The molecule has 3 nitrogen and oxygen atoms in total. The van der Waals surface area contributed by atoms with Crippen LogP contribution in [0.2, 0.25) is 0 Å². The van der Waals surface area contributed by atoms with Crippen molar-refractivity contribution >= 4 is 21.8 Å². The van der Waals surface area contributed by atoms with Gasteiger partial charge in [-0.3, -0.25) is 4.79 Å². The van der Waals surface area contributed by atoms with Gasteiger partial charge in [-0.15, -0.1) is 0 Å². The normalized spacial score (nSPS) is 16.9. The van der Waals surface area contributed by atoms with Crippen LogP contribution in [-0.2, 0) is 4.79 Å². The lowest BCUT2D eigenvalue weighted by molar-refractivity contribution is -0.134. The Morgan fingerprint density at radius 1 is 1.33 bits per heavy atom. The monoisotopic (exact) mass is 353 g/mol. The Morgan fingerprint density at radius 2 is 1.95 bits per heavy atom. The maximum absolute atomic E-state index is 12.6. The highest BCUT2D eigenvalue weighted by molar-refractivity contribution is 9.10. The minimum absolute atomic E-state index is 0.0505. The first-order valence-electron chi connectivity index (χ1n) is 7.77. The van der Waals surface area contributed by atoms with E-state index in [2.05, 4.69) is 35.0 Å². The zero-order valence-electron chi connectivity index (χ0n) is 12.6. The van der Waals surface area contributed by atoms with Crippen LogP contribution in [0.15, 0.2) is 28.7 Å². The first kappa shape index (κ1) is 16.5. The summed E-state index contributed by atoms with van der Waals surface area (Å²) in [7, 11) is 0. The molecule has 0 saturated heterocycles. The van der Waals surface area contributed by atoms with Crippen molar-refractivity contribution in [3.63, 3.8) is 0 Å². The number of nitrogens with zero attached hydrogens (tertiary/aromatic N) is 1. The van der Waals surface area contributed by atoms with Gasteiger partial charge in [-0.1, -0.05) is 47.8 Å². The number of benzene rings is 1. The quantitative estimate of drug-likeness (QED) is 0.846. The van der Waals surface area contributed by atoms with E-state index >= 15 is 0 Å². The maximum Gasteiger partial charge on any atom is 0.223 e. The van der Waals surface area contributed by atoms with Gasteiger partial charge in [0.2, 0.25) is 5.91 Å². The standard InChI is InChI=1S/C17H24BrNO2/c1-13(14-6-8-15(18)9-7-14)12-17(21)19(10-11-20)16-4-2-3-5-16/h6-9,13,16,20H,2-5,10-12H2,1H3. The molecule has 1 N–H and O–H groups in total. The van der Waals surface area contributed by atoms with Crippen molar-refractivity contribution in [2.45, 2.75) is 51.0 Å². The zero-order chi connectivity index (χ0) is 15.2. The summed E-state index contributed by atoms with van der Waals surface area (Å²) in [6.45, 7) is 2.61. The third-order valence-electron chi connectivity index (χ3n) is 4.35. The number of hydrogen-bond acceptors (Lipinski definition) is 2. The molecule has 1 aliphatic carbocycles. The van der Waals surface area contributed by atoms with Gasteiger partial charge in [0.05, 0.1) is 6.61 Å².